The number of halogens is 2. The fraction of sp³-hybridized carbons (Fsp3) is 0.500. The molecular weight excluding hydrogens is 326 g/mol. The molecule has 1 fully saturated rings. The van der Waals surface area contributed by atoms with Crippen molar-refractivity contribution in [1.29, 1.82) is 0 Å². The van der Waals surface area contributed by atoms with Gasteiger partial charge in [0.2, 0.25) is 5.95 Å². The highest BCUT2D eigenvalue weighted by molar-refractivity contribution is 7.89. The number of imidazole rings is 1. The normalized spacial score (nSPS) is 17.9. The fourth-order valence-corrected chi connectivity index (χ4v) is 3.70. The number of H-pyrrole nitrogens is 1. The zero-order chi connectivity index (χ0) is 16.4. The standard InChI is InChI=1S/C14H18F2N4O2S/c15-13(16)23(21,22)20-7-5-10(6-8-20)9-17-14-18-11-3-1-2-4-12(11)19-14/h1-4,10,13H,5-9H2,(H2,17,18,19). The van der Waals surface area contributed by atoms with Gasteiger partial charge in [0.15, 0.2) is 0 Å². The van der Waals surface area contributed by atoms with Crippen LogP contribution in [0.25, 0.3) is 11.0 Å². The molecule has 2 N–H and O–H groups in total. The van der Waals surface area contributed by atoms with Crippen molar-refractivity contribution in [1.82, 2.24) is 14.3 Å². The third kappa shape index (κ3) is 3.45. The molecule has 1 aliphatic heterocycles. The van der Waals surface area contributed by atoms with Crippen molar-refractivity contribution in [3.63, 3.8) is 0 Å². The van der Waals surface area contributed by atoms with Crippen LogP contribution in [0.4, 0.5) is 14.7 Å². The van der Waals surface area contributed by atoms with Crippen LogP contribution < -0.4 is 5.32 Å². The van der Waals surface area contributed by atoms with Crippen LogP contribution in [0.1, 0.15) is 12.8 Å². The zero-order valence-corrected chi connectivity index (χ0v) is 13.2. The molecule has 0 amide bonds. The molecule has 0 unspecified atom stereocenters. The summed E-state index contributed by atoms with van der Waals surface area (Å²) in [7, 11) is -4.45. The van der Waals surface area contributed by atoms with Gasteiger partial charge < -0.3 is 10.3 Å². The van der Waals surface area contributed by atoms with Gasteiger partial charge in [-0.05, 0) is 30.9 Å². The number of anilines is 1. The maximum Gasteiger partial charge on any atom is 0.350 e. The SMILES string of the molecule is O=S(=O)(C(F)F)N1CCC(CNc2nc3ccccc3[nH]2)CC1. The summed E-state index contributed by atoms with van der Waals surface area (Å²) in [5.41, 5.74) is 1.81. The van der Waals surface area contributed by atoms with Crippen molar-refractivity contribution in [3.8, 4) is 0 Å². The van der Waals surface area contributed by atoms with Crippen LogP contribution in [-0.2, 0) is 10.0 Å². The van der Waals surface area contributed by atoms with Crippen LogP contribution >= 0.6 is 0 Å². The van der Waals surface area contributed by atoms with Crippen molar-refractivity contribution in [2.45, 2.75) is 18.6 Å². The van der Waals surface area contributed by atoms with Crippen LogP contribution in [0.5, 0.6) is 0 Å². The van der Waals surface area contributed by atoms with Crippen molar-refractivity contribution in [2.75, 3.05) is 25.0 Å². The minimum Gasteiger partial charge on any atom is -0.356 e. The van der Waals surface area contributed by atoms with Gasteiger partial charge in [0, 0.05) is 19.6 Å². The number of nitrogens with one attached hydrogen (secondary N) is 2. The van der Waals surface area contributed by atoms with E-state index in [1.165, 1.54) is 0 Å². The van der Waals surface area contributed by atoms with E-state index in [4.69, 9.17) is 0 Å². The van der Waals surface area contributed by atoms with Crippen LogP contribution in [0.3, 0.4) is 0 Å². The summed E-state index contributed by atoms with van der Waals surface area (Å²) in [6.07, 6.45) is 1.11. The third-order valence-corrected chi connectivity index (χ3v) is 5.64. The molecule has 1 aromatic carbocycles. The summed E-state index contributed by atoms with van der Waals surface area (Å²) >= 11 is 0. The number of sulfonamides is 1. The number of para-hydroxylation sites is 2. The maximum atomic E-state index is 12.5. The number of aromatic nitrogens is 2. The van der Waals surface area contributed by atoms with E-state index >= 15 is 0 Å². The first-order chi connectivity index (χ1) is 11.0. The molecule has 126 valence electrons. The van der Waals surface area contributed by atoms with Crippen LogP contribution in [0, 0.1) is 5.92 Å². The second-order valence-corrected chi connectivity index (χ2v) is 7.53. The molecule has 1 aromatic heterocycles. The lowest BCUT2D eigenvalue weighted by atomic mass is 9.98. The highest BCUT2D eigenvalue weighted by atomic mass is 32.2. The van der Waals surface area contributed by atoms with E-state index in [2.05, 4.69) is 15.3 Å². The van der Waals surface area contributed by atoms with Crippen molar-refractivity contribution in [2.24, 2.45) is 5.92 Å². The highest BCUT2D eigenvalue weighted by Crippen LogP contribution is 2.23. The molecule has 0 radical (unpaired) electrons. The lowest BCUT2D eigenvalue weighted by molar-refractivity contribution is 0.205. The smallest absolute Gasteiger partial charge is 0.350 e. The van der Waals surface area contributed by atoms with Crippen LogP contribution in [0.15, 0.2) is 24.3 Å². The Balaban J connectivity index is 1.53. The summed E-state index contributed by atoms with van der Waals surface area (Å²) in [6, 6.07) is 7.67. The number of fused-ring (bicyclic) bond motifs is 1. The van der Waals surface area contributed by atoms with Gasteiger partial charge in [-0.1, -0.05) is 12.1 Å². The first-order valence-corrected chi connectivity index (χ1v) is 8.93. The first-order valence-electron chi connectivity index (χ1n) is 7.42. The Morgan fingerprint density at radius 3 is 2.65 bits per heavy atom. The average molecular weight is 344 g/mol. The van der Waals surface area contributed by atoms with E-state index < -0.39 is 15.8 Å². The molecular formula is C14H18F2N4O2S. The minimum atomic E-state index is -4.45. The van der Waals surface area contributed by atoms with Crippen molar-refractivity contribution < 1.29 is 17.2 Å². The molecule has 0 saturated carbocycles. The molecule has 3 rings (SSSR count). The minimum absolute atomic E-state index is 0.138. The summed E-state index contributed by atoms with van der Waals surface area (Å²) < 4.78 is 48.7. The van der Waals surface area contributed by atoms with Crippen molar-refractivity contribution in [3.05, 3.63) is 24.3 Å². The fourth-order valence-electron chi connectivity index (χ4n) is 2.76. The second-order valence-electron chi connectivity index (χ2n) is 5.63. The van der Waals surface area contributed by atoms with E-state index in [9.17, 15) is 17.2 Å². The van der Waals surface area contributed by atoms with E-state index in [1.54, 1.807) is 0 Å². The molecule has 1 aliphatic rings. The van der Waals surface area contributed by atoms with E-state index in [0.29, 0.717) is 25.3 Å². The number of piperidine rings is 1. The van der Waals surface area contributed by atoms with Crippen LogP contribution in [-0.4, -0.2) is 48.1 Å². The van der Waals surface area contributed by atoms with E-state index in [0.717, 1.165) is 15.3 Å². The quantitative estimate of drug-likeness (QED) is 0.872. The monoisotopic (exact) mass is 344 g/mol. The summed E-state index contributed by atoms with van der Waals surface area (Å²) in [6.45, 7) is 0.903. The molecule has 2 aromatic rings. The van der Waals surface area contributed by atoms with Gasteiger partial charge in [-0.3, -0.25) is 0 Å². The lowest BCUT2D eigenvalue weighted by Gasteiger charge is -2.30. The molecule has 2 heterocycles. The molecule has 9 heteroatoms. The molecule has 6 nitrogen and oxygen atoms in total. The molecule has 0 bridgehead atoms. The van der Waals surface area contributed by atoms with Gasteiger partial charge in [-0.2, -0.15) is 13.1 Å². The van der Waals surface area contributed by atoms with Gasteiger partial charge in [0.25, 0.3) is 10.0 Å². The predicted octanol–water partition coefficient (Wildman–Crippen LogP) is 2.24. The van der Waals surface area contributed by atoms with Gasteiger partial charge in [-0.15, -0.1) is 0 Å². The number of hydrogen-bond donors (Lipinski definition) is 2. The highest BCUT2D eigenvalue weighted by Gasteiger charge is 2.34. The molecule has 0 spiro atoms. The number of alkyl halides is 2. The lowest BCUT2D eigenvalue weighted by Crippen LogP contribution is -2.42. The maximum absolute atomic E-state index is 12.5. The second kappa shape index (κ2) is 6.40. The molecule has 1 saturated heterocycles. The zero-order valence-electron chi connectivity index (χ0n) is 12.4. The summed E-state index contributed by atoms with van der Waals surface area (Å²) in [5.74, 6) is -2.45. The molecule has 0 aliphatic carbocycles. The Bertz CT molecular complexity index is 737. The number of rotatable bonds is 5. The van der Waals surface area contributed by atoms with Gasteiger partial charge in [-0.25, -0.2) is 13.4 Å². The Hall–Kier alpha value is -1.74. The number of nitrogens with zero attached hydrogens (tertiary/aromatic N) is 2. The van der Waals surface area contributed by atoms with E-state index in [-0.39, 0.29) is 19.0 Å². The number of benzene rings is 1. The predicted molar refractivity (Wildman–Crippen MR) is 83.8 cm³/mol. The summed E-state index contributed by atoms with van der Waals surface area (Å²) in [4.78, 5) is 7.56. The van der Waals surface area contributed by atoms with E-state index in [1.807, 2.05) is 24.3 Å². The van der Waals surface area contributed by atoms with Gasteiger partial charge in [0.05, 0.1) is 11.0 Å². The third-order valence-electron chi connectivity index (χ3n) is 4.11. The largest absolute Gasteiger partial charge is 0.356 e. The Kier molecular flexibility index (Phi) is 4.49. The van der Waals surface area contributed by atoms with Gasteiger partial charge >= 0.3 is 5.76 Å². The van der Waals surface area contributed by atoms with Crippen molar-refractivity contribution >= 4 is 27.0 Å². The molecule has 0 atom stereocenters. The molecule has 23 heavy (non-hydrogen) atoms. The Morgan fingerprint density at radius 1 is 1.30 bits per heavy atom. The van der Waals surface area contributed by atoms with Crippen LogP contribution in [0.2, 0.25) is 0 Å². The number of hydrogen-bond acceptors (Lipinski definition) is 4. The topological polar surface area (TPSA) is 78.1 Å². The first kappa shape index (κ1) is 16.1. The Labute approximate surface area is 132 Å². The number of aromatic amines is 1. The van der Waals surface area contributed by atoms with Gasteiger partial charge in [0.1, 0.15) is 0 Å². The Morgan fingerprint density at radius 2 is 2.00 bits per heavy atom. The average Bonchev–Trinajstić information content (AvgIpc) is 2.96. The summed E-state index contributed by atoms with van der Waals surface area (Å²) in [5, 5.41) is 3.20.